The molecule has 0 amide bonds. The Morgan fingerprint density at radius 3 is 2.14 bits per heavy atom. The Morgan fingerprint density at radius 1 is 0.952 bits per heavy atom. The zero-order valence-electron chi connectivity index (χ0n) is 12.9. The highest BCUT2D eigenvalue weighted by atomic mass is 79.9. The van der Waals surface area contributed by atoms with E-state index in [-0.39, 0.29) is 0 Å². The average Bonchev–Trinajstić information content (AvgIpc) is 2.87. The number of alkyl halides is 1. The summed E-state index contributed by atoms with van der Waals surface area (Å²) in [4.78, 5) is 0.472. The van der Waals surface area contributed by atoms with Gasteiger partial charge in [0.05, 0.1) is 0 Å². The van der Waals surface area contributed by atoms with E-state index in [9.17, 15) is 0 Å². The standard InChI is InChI=1S/C20H23Br/c1-20(2)14-6-9-18(20)19(21)17-12-10-16(11-13-17)15-7-4-3-5-8-15/h3-5,7-8,10-13,18-19H,6,9,14H2,1-2H3. The molecular formula is C20H23Br. The number of benzene rings is 2. The Balaban J connectivity index is 1.81. The first-order valence-electron chi connectivity index (χ1n) is 7.87. The Bertz CT molecular complexity index is 583. The highest BCUT2D eigenvalue weighted by Crippen LogP contribution is 2.51. The van der Waals surface area contributed by atoms with E-state index in [1.54, 1.807) is 0 Å². The second kappa shape index (κ2) is 5.96. The minimum absolute atomic E-state index is 0.451. The van der Waals surface area contributed by atoms with E-state index in [0.717, 1.165) is 5.92 Å². The third-order valence-corrected chi connectivity index (χ3v) is 6.20. The summed E-state index contributed by atoms with van der Waals surface area (Å²) in [7, 11) is 0. The summed E-state index contributed by atoms with van der Waals surface area (Å²) in [6, 6.07) is 19.7. The van der Waals surface area contributed by atoms with Crippen molar-refractivity contribution in [3.8, 4) is 11.1 Å². The molecule has 3 rings (SSSR count). The predicted octanol–water partition coefficient (Wildman–Crippen LogP) is 6.62. The summed E-state index contributed by atoms with van der Waals surface area (Å²) in [6.45, 7) is 4.83. The van der Waals surface area contributed by atoms with Crippen molar-refractivity contribution >= 4 is 15.9 Å². The highest BCUT2D eigenvalue weighted by Gasteiger charge is 2.38. The Labute approximate surface area is 136 Å². The van der Waals surface area contributed by atoms with Gasteiger partial charge in [-0.3, -0.25) is 0 Å². The third-order valence-electron chi connectivity index (χ3n) is 5.03. The summed E-state index contributed by atoms with van der Waals surface area (Å²) in [6.07, 6.45) is 4.05. The topological polar surface area (TPSA) is 0 Å². The smallest absolute Gasteiger partial charge is 0.0428 e. The lowest BCUT2D eigenvalue weighted by atomic mass is 9.78. The molecule has 1 aliphatic rings. The lowest BCUT2D eigenvalue weighted by Crippen LogP contribution is -2.21. The van der Waals surface area contributed by atoms with Gasteiger partial charge in [-0.1, -0.05) is 90.8 Å². The molecule has 2 unspecified atom stereocenters. The van der Waals surface area contributed by atoms with Crippen LogP contribution in [0.2, 0.25) is 0 Å². The van der Waals surface area contributed by atoms with Crippen LogP contribution in [0.25, 0.3) is 11.1 Å². The van der Waals surface area contributed by atoms with E-state index < -0.39 is 0 Å². The molecule has 1 heteroatoms. The molecular weight excluding hydrogens is 320 g/mol. The summed E-state index contributed by atoms with van der Waals surface area (Å²) in [5.41, 5.74) is 4.45. The van der Waals surface area contributed by atoms with Gasteiger partial charge in [0.2, 0.25) is 0 Å². The van der Waals surface area contributed by atoms with Crippen LogP contribution in [0.5, 0.6) is 0 Å². The van der Waals surface area contributed by atoms with Crippen molar-refractivity contribution in [3.05, 3.63) is 60.2 Å². The number of hydrogen-bond acceptors (Lipinski definition) is 0. The fourth-order valence-electron chi connectivity index (χ4n) is 3.62. The molecule has 1 aliphatic carbocycles. The van der Waals surface area contributed by atoms with E-state index in [1.807, 2.05) is 0 Å². The van der Waals surface area contributed by atoms with Crippen LogP contribution in [-0.4, -0.2) is 0 Å². The summed E-state index contributed by atoms with van der Waals surface area (Å²) < 4.78 is 0. The third kappa shape index (κ3) is 3.08. The minimum atomic E-state index is 0.451. The van der Waals surface area contributed by atoms with Gasteiger partial charge in [-0.15, -0.1) is 0 Å². The Morgan fingerprint density at radius 2 is 1.57 bits per heavy atom. The summed E-state index contributed by atoms with van der Waals surface area (Å²) in [5.74, 6) is 0.736. The van der Waals surface area contributed by atoms with Crippen LogP contribution in [0, 0.1) is 11.3 Å². The summed E-state index contributed by atoms with van der Waals surface area (Å²) >= 11 is 3.97. The first-order chi connectivity index (χ1) is 10.1. The first-order valence-corrected chi connectivity index (χ1v) is 8.79. The maximum Gasteiger partial charge on any atom is 0.0428 e. The fraction of sp³-hybridized carbons (Fsp3) is 0.400. The molecule has 0 saturated heterocycles. The molecule has 0 bridgehead atoms. The van der Waals surface area contributed by atoms with E-state index in [0.29, 0.717) is 10.2 Å². The van der Waals surface area contributed by atoms with Crippen LogP contribution < -0.4 is 0 Å². The zero-order valence-corrected chi connectivity index (χ0v) is 14.4. The minimum Gasteiger partial charge on any atom is -0.0836 e. The van der Waals surface area contributed by atoms with Gasteiger partial charge in [0.1, 0.15) is 0 Å². The van der Waals surface area contributed by atoms with Crippen LogP contribution in [0.15, 0.2) is 54.6 Å². The van der Waals surface area contributed by atoms with Crippen molar-refractivity contribution in [2.45, 2.75) is 37.9 Å². The largest absolute Gasteiger partial charge is 0.0836 e. The molecule has 0 N–H and O–H groups in total. The van der Waals surface area contributed by atoms with E-state index in [4.69, 9.17) is 0 Å². The molecule has 0 radical (unpaired) electrons. The molecule has 0 spiro atoms. The van der Waals surface area contributed by atoms with Crippen molar-refractivity contribution in [2.75, 3.05) is 0 Å². The van der Waals surface area contributed by atoms with Gasteiger partial charge in [-0.05, 0) is 40.9 Å². The molecule has 0 nitrogen and oxygen atoms in total. The van der Waals surface area contributed by atoms with E-state index >= 15 is 0 Å². The monoisotopic (exact) mass is 342 g/mol. The lowest BCUT2D eigenvalue weighted by Gasteiger charge is -2.31. The maximum absolute atomic E-state index is 3.97. The van der Waals surface area contributed by atoms with Crippen molar-refractivity contribution in [2.24, 2.45) is 11.3 Å². The Hall–Kier alpha value is -1.08. The van der Waals surface area contributed by atoms with Gasteiger partial charge in [-0.25, -0.2) is 0 Å². The fourth-order valence-corrected chi connectivity index (χ4v) is 4.90. The van der Waals surface area contributed by atoms with Gasteiger partial charge < -0.3 is 0 Å². The van der Waals surface area contributed by atoms with Crippen LogP contribution in [-0.2, 0) is 0 Å². The van der Waals surface area contributed by atoms with Gasteiger partial charge in [0.25, 0.3) is 0 Å². The van der Waals surface area contributed by atoms with Gasteiger partial charge >= 0.3 is 0 Å². The Kier molecular flexibility index (Phi) is 4.21. The number of halogens is 1. The van der Waals surface area contributed by atoms with Crippen molar-refractivity contribution in [3.63, 3.8) is 0 Å². The molecule has 0 heterocycles. The SMILES string of the molecule is CC1(C)CCCC1C(Br)c1ccc(-c2ccccc2)cc1. The molecule has 1 saturated carbocycles. The second-order valence-corrected chi connectivity index (χ2v) is 7.86. The molecule has 110 valence electrons. The second-order valence-electron chi connectivity index (χ2n) is 6.88. The summed E-state index contributed by atoms with van der Waals surface area (Å²) in [5, 5.41) is 0. The van der Waals surface area contributed by atoms with Crippen molar-refractivity contribution < 1.29 is 0 Å². The zero-order chi connectivity index (χ0) is 14.9. The van der Waals surface area contributed by atoms with Crippen LogP contribution in [0.3, 0.4) is 0 Å². The van der Waals surface area contributed by atoms with E-state index in [2.05, 4.69) is 84.4 Å². The molecule has 0 aliphatic heterocycles. The average molecular weight is 343 g/mol. The molecule has 1 fully saturated rings. The molecule has 21 heavy (non-hydrogen) atoms. The lowest BCUT2D eigenvalue weighted by molar-refractivity contribution is 0.257. The quantitative estimate of drug-likeness (QED) is 0.550. The van der Waals surface area contributed by atoms with Gasteiger partial charge in [0.15, 0.2) is 0 Å². The molecule has 2 atom stereocenters. The molecule has 2 aromatic rings. The van der Waals surface area contributed by atoms with Gasteiger partial charge in [-0.2, -0.15) is 0 Å². The molecule has 0 aromatic heterocycles. The maximum atomic E-state index is 3.97. The van der Waals surface area contributed by atoms with Crippen LogP contribution in [0.4, 0.5) is 0 Å². The van der Waals surface area contributed by atoms with Crippen LogP contribution >= 0.6 is 15.9 Å². The van der Waals surface area contributed by atoms with Crippen molar-refractivity contribution in [1.82, 2.24) is 0 Å². The number of hydrogen-bond donors (Lipinski definition) is 0. The predicted molar refractivity (Wildman–Crippen MR) is 94.7 cm³/mol. The van der Waals surface area contributed by atoms with Gasteiger partial charge in [0, 0.05) is 4.83 Å². The normalized spacial score (nSPS) is 22.1. The molecule has 2 aromatic carbocycles. The number of rotatable bonds is 3. The van der Waals surface area contributed by atoms with Crippen LogP contribution in [0.1, 0.15) is 43.5 Å². The highest BCUT2D eigenvalue weighted by molar-refractivity contribution is 9.09. The van der Waals surface area contributed by atoms with E-state index in [1.165, 1.54) is 36.0 Å². The first kappa shape index (κ1) is 14.8. The van der Waals surface area contributed by atoms with Crippen molar-refractivity contribution in [1.29, 1.82) is 0 Å².